The maximum Gasteiger partial charge on any atom is 0.106 e. The van der Waals surface area contributed by atoms with E-state index < -0.39 is 0 Å². The van der Waals surface area contributed by atoms with Gasteiger partial charge in [-0.2, -0.15) is 0 Å². The summed E-state index contributed by atoms with van der Waals surface area (Å²) in [6, 6.07) is 8.20. The summed E-state index contributed by atoms with van der Waals surface area (Å²) in [7, 11) is 1.54. The lowest BCUT2D eigenvalue weighted by molar-refractivity contribution is 0.214. The molecule has 1 aromatic carbocycles. The largest absolute Gasteiger partial charge is 0.399 e. The van der Waals surface area contributed by atoms with Crippen LogP contribution in [0.1, 0.15) is 24.0 Å². The Morgan fingerprint density at radius 3 is 2.57 bits per heavy atom. The molecule has 0 aliphatic carbocycles. The smallest absolute Gasteiger partial charge is 0.106 e. The van der Waals surface area contributed by atoms with E-state index in [1.54, 1.807) is 13.3 Å². The van der Waals surface area contributed by atoms with Crippen molar-refractivity contribution in [1.29, 1.82) is 0 Å². The van der Waals surface area contributed by atoms with Gasteiger partial charge in [0.2, 0.25) is 0 Å². The lowest BCUT2D eigenvalue weighted by Crippen LogP contribution is -1.98. The second-order valence-corrected chi connectivity index (χ2v) is 3.17. The minimum atomic E-state index is 0.266. The Bertz CT molecular complexity index is 293. The zero-order valence-electron chi connectivity index (χ0n) is 8.60. The van der Waals surface area contributed by atoms with Gasteiger partial charge in [0, 0.05) is 12.5 Å². The Balaban J connectivity index is 2.71. The molecular formula is C11H16N2O. The molecule has 76 valence electrons. The van der Waals surface area contributed by atoms with Crippen molar-refractivity contribution in [2.24, 2.45) is 10.9 Å². The van der Waals surface area contributed by atoms with Crippen molar-refractivity contribution in [2.45, 2.75) is 19.4 Å². The van der Waals surface area contributed by atoms with Gasteiger partial charge in [0.15, 0.2) is 0 Å². The molecule has 0 fully saturated rings. The third-order valence-corrected chi connectivity index (χ3v) is 2.13. The SMILES string of the molecule is CON=CC(C)c1ccc(CN)cc1. The van der Waals surface area contributed by atoms with Gasteiger partial charge in [-0.25, -0.2) is 0 Å². The zero-order chi connectivity index (χ0) is 10.4. The maximum atomic E-state index is 5.51. The van der Waals surface area contributed by atoms with E-state index in [4.69, 9.17) is 5.73 Å². The molecule has 0 radical (unpaired) electrons. The van der Waals surface area contributed by atoms with Crippen LogP contribution in [0.4, 0.5) is 0 Å². The molecule has 0 aromatic heterocycles. The van der Waals surface area contributed by atoms with E-state index in [9.17, 15) is 0 Å². The normalized spacial score (nSPS) is 13.1. The van der Waals surface area contributed by atoms with Gasteiger partial charge >= 0.3 is 0 Å². The van der Waals surface area contributed by atoms with Gasteiger partial charge < -0.3 is 10.6 Å². The molecule has 1 atom stereocenters. The molecule has 1 rings (SSSR count). The molecule has 0 heterocycles. The van der Waals surface area contributed by atoms with Gasteiger partial charge in [-0.3, -0.25) is 0 Å². The second-order valence-electron chi connectivity index (χ2n) is 3.17. The van der Waals surface area contributed by atoms with Gasteiger partial charge in [0.25, 0.3) is 0 Å². The zero-order valence-corrected chi connectivity index (χ0v) is 8.60. The minimum absolute atomic E-state index is 0.266. The fourth-order valence-electron chi connectivity index (χ4n) is 1.20. The Morgan fingerprint density at radius 2 is 2.07 bits per heavy atom. The van der Waals surface area contributed by atoms with Crippen molar-refractivity contribution < 1.29 is 4.84 Å². The number of benzene rings is 1. The van der Waals surface area contributed by atoms with Gasteiger partial charge in [-0.15, -0.1) is 0 Å². The third kappa shape index (κ3) is 2.85. The molecule has 1 aromatic rings. The second kappa shape index (κ2) is 5.40. The highest BCUT2D eigenvalue weighted by molar-refractivity contribution is 5.66. The van der Waals surface area contributed by atoms with Gasteiger partial charge in [-0.1, -0.05) is 36.3 Å². The number of nitrogens with two attached hydrogens (primary N) is 1. The van der Waals surface area contributed by atoms with E-state index in [-0.39, 0.29) is 5.92 Å². The highest BCUT2D eigenvalue weighted by Gasteiger charge is 2.01. The van der Waals surface area contributed by atoms with E-state index in [1.807, 2.05) is 12.1 Å². The summed E-state index contributed by atoms with van der Waals surface area (Å²) in [6.07, 6.45) is 1.78. The maximum absolute atomic E-state index is 5.51. The molecular weight excluding hydrogens is 176 g/mol. The van der Waals surface area contributed by atoms with E-state index in [0.29, 0.717) is 6.54 Å². The van der Waals surface area contributed by atoms with Crippen LogP contribution in [0.3, 0.4) is 0 Å². The molecule has 0 saturated carbocycles. The molecule has 0 amide bonds. The number of oxime groups is 1. The number of nitrogens with zero attached hydrogens (tertiary/aromatic N) is 1. The lowest BCUT2D eigenvalue weighted by atomic mass is 10.0. The summed E-state index contributed by atoms with van der Waals surface area (Å²) in [5.74, 6) is 0.266. The van der Waals surface area contributed by atoms with Crippen LogP contribution in [0.15, 0.2) is 29.4 Å². The number of hydrogen-bond acceptors (Lipinski definition) is 3. The molecule has 3 heteroatoms. The van der Waals surface area contributed by atoms with Crippen molar-refractivity contribution in [2.75, 3.05) is 7.11 Å². The Hall–Kier alpha value is -1.35. The summed E-state index contributed by atoms with van der Waals surface area (Å²) in [5.41, 5.74) is 7.86. The molecule has 2 N–H and O–H groups in total. The van der Waals surface area contributed by atoms with Gasteiger partial charge in [-0.05, 0) is 11.1 Å². The fourth-order valence-corrected chi connectivity index (χ4v) is 1.20. The highest BCUT2D eigenvalue weighted by Crippen LogP contribution is 2.13. The van der Waals surface area contributed by atoms with Crippen molar-refractivity contribution in [3.63, 3.8) is 0 Å². The van der Waals surface area contributed by atoms with Crippen molar-refractivity contribution in [1.82, 2.24) is 0 Å². The van der Waals surface area contributed by atoms with Crippen LogP contribution in [0.2, 0.25) is 0 Å². The van der Waals surface area contributed by atoms with Gasteiger partial charge in [0.1, 0.15) is 7.11 Å². The summed E-state index contributed by atoms with van der Waals surface area (Å²) in [6.45, 7) is 2.65. The molecule has 0 spiro atoms. The Morgan fingerprint density at radius 1 is 1.43 bits per heavy atom. The standard InChI is InChI=1S/C11H16N2O/c1-9(8-13-14-2)11-5-3-10(7-12)4-6-11/h3-6,8-9H,7,12H2,1-2H3. The molecule has 0 aliphatic rings. The predicted octanol–water partition coefficient (Wildman–Crippen LogP) is 1.88. The van der Waals surface area contributed by atoms with Crippen LogP contribution in [0.5, 0.6) is 0 Å². The minimum Gasteiger partial charge on any atom is -0.399 e. The Labute approximate surface area is 84.6 Å². The summed E-state index contributed by atoms with van der Waals surface area (Å²) < 4.78 is 0. The highest BCUT2D eigenvalue weighted by atomic mass is 16.6. The summed E-state index contributed by atoms with van der Waals surface area (Å²) in [5, 5.41) is 3.74. The topological polar surface area (TPSA) is 47.6 Å². The first-order valence-corrected chi connectivity index (χ1v) is 4.63. The first-order valence-electron chi connectivity index (χ1n) is 4.63. The van der Waals surface area contributed by atoms with Crippen molar-refractivity contribution in [3.8, 4) is 0 Å². The number of rotatable bonds is 4. The van der Waals surface area contributed by atoms with E-state index in [1.165, 1.54) is 5.56 Å². The quantitative estimate of drug-likeness (QED) is 0.585. The van der Waals surface area contributed by atoms with Crippen molar-refractivity contribution >= 4 is 6.21 Å². The average Bonchev–Trinajstić information content (AvgIpc) is 2.26. The molecule has 3 nitrogen and oxygen atoms in total. The van der Waals surface area contributed by atoms with Crippen LogP contribution in [-0.2, 0) is 11.4 Å². The summed E-state index contributed by atoms with van der Waals surface area (Å²) >= 11 is 0. The molecule has 0 saturated heterocycles. The molecule has 0 aliphatic heterocycles. The fraction of sp³-hybridized carbons (Fsp3) is 0.364. The van der Waals surface area contributed by atoms with Crippen LogP contribution in [0.25, 0.3) is 0 Å². The average molecular weight is 192 g/mol. The van der Waals surface area contributed by atoms with Crippen LogP contribution >= 0.6 is 0 Å². The predicted molar refractivity (Wildman–Crippen MR) is 58.2 cm³/mol. The van der Waals surface area contributed by atoms with Gasteiger partial charge in [0.05, 0.1) is 6.21 Å². The summed E-state index contributed by atoms with van der Waals surface area (Å²) in [4.78, 5) is 4.63. The van der Waals surface area contributed by atoms with E-state index >= 15 is 0 Å². The van der Waals surface area contributed by atoms with Crippen LogP contribution in [-0.4, -0.2) is 13.3 Å². The Kier molecular flexibility index (Phi) is 4.13. The molecule has 1 unspecified atom stereocenters. The van der Waals surface area contributed by atoms with E-state index in [2.05, 4.69) is 29.0 Å². The number of hydrogen-bond donors (Lipinski definition) is 1. The molecule has 14 heavy (non-hydrogen) atoms. The first kappa shape index (κ1) is 10.7. The first-order chi connectivity index (χ1) is 6.77. The van der Waals surface area contributed by atoms with Crippen molar-refractivity contribution in [3.05, 3.63) is 35.4 Å². The van der Waals surface area contributed by atoms with Crippen LogP contribution in [0, 0.1) is 0 Å². The van der Waals surface area contributed by atoms with E-state index in [0.717, 1.165) is 5.56 Å². The lowest BCUT2D eigenvalue weighted by Gasteiger charge is -2.06. The third-order valence-electron chi connectivity index (χ3n) is 2.13. The monoisotopic (exact) mass is 192 g/mol. The van der Waals surface area contributed by atoms with Crippen LogP contribution < -0.4 is 5.73 Å². The molecule has 0 bridgehead atoms.